The van der Waals surface area contributed by atoms with Crippen LogP contribution in [0.5, 0.6) is 0 Å². The van der Waals surface area contributed by atoms with E-state index in [9.17, 15) is 0 Å². The Hall–Kier alpha value is -1.61. The van der Waals surface area contributed by atoms with Crippen LogP contribution in [-0.2, 0) is 21.3 Å². The lowest BCUT2D eigenvalue weighted by molar-refractivity contribution is -0.364. The Labute approximate surface area is 207 Å². The second kappa shape index (κ2) is 9.36. The first-order chi connectivity index (χ1) is 16.3. The standard InChI is InChI=1S/C27H38F3NO3Si/c1-19-14-15-21-22(17-19)33-24(31(25(21,2)3)18-20-11-8-7-9-12-20)26(27(28,29)30,34-35(4,5)6)23-13-10-16-32-23/h7-13,16,19,21-22,24H,14-15,17-18H2,1-6H3/t19-,21-,22-,24+,26+/m1/s1. The van der Waals surface area contributed by atoms with E-state index < -0.39 is 31.9 Å². The van der Waals surface area contributed by atoms with Gasteiger partial charge in [0, 0.05) is 18.0 Å². The number of fused-ring (bicyclic) bond motifs is 1. The van der Waals surface area contributed by atoms with Crippen molar-refractivity contribution in [3.8, 4) is 0 Å². The zero-order valence-electron chi connectivity index (χ0n) is 21.6. The molecule has 35 heavy (non-hydrogen) atoms. The molecule has 1 aliphatic carbocycles. The Bertz CT molecular complexity index is 974. The highest BCUT2D eigenvalue weighted by Crippen LogP contribution is 2.55. The molecule has 1 aromatic carbocycles. The van der Waals surface area contributed by atoms with Crippen LogP contribution in [0.15, 0.2) is 53.1 Å². The van der Waals surface area contributed by atoms with Gasteiger partial charge in [-0.3, -0.25) is 4.90 Å². The first-order valence-corrected chi connectivity index (χ1v) is 15.9. The van der Waals surface area contributed by atoms with Gasteiger partial charge in [0.15, 0.2) is 14.5 Å². The summed E-state index contributed by atoms with van der Waals surface area (Å²) in [6, 6.07) is 12.5. The lowest BCUT2D eigenvalue weighted by Gasteiger charge is -2.61. The number of hydrogen-bond donors (Lipinski definition) is 0. The Kier molecular flexibility index (Phi) is 7.07. The molecule has 194 valence electrons. The molecule has 0 unspecified atom stereocenters. The average molecular weight is 510 g/mol. The van der Waals surface area contributed by atoms with E-state index in [1.54, 1.807) is 19.6 Å². The topological polar surface area (TPSA) is 34.8 Å². The molecule has 2 heterocycles. The van der Waals surface area contributed by atoms with Gasteiger partial charge in [-0.25, -0.2) is 0 Å². The molecule has 1 aromatic heterocycles. The van der Waals surface area contributed by atoms with Crippen molar-refractivity contribution in [3.05, 3.63) is 60.1 Å². The van der Waals surface area contributed by atoms with Gasteiger partial charge in [-0.1, -0.05) is 43.7 Å². The van der Waals surface area contributed by atoms with Crippen molar-refractivity contribution in [2.24, 2.45) is 11.8 Å². The summed E-state index contributed by atoms with van der Waals surface area (Å²) >= 11 is 0. The molecule has 0 N–H and O–H groups in total. The summed E-state index contributed by atoms with van der Waals surface area (Å²) in [4.78, 5) is 1.88. The zero-order valence-corrected chi connectivity index (χ0v) is 22.6. The number of alkyl halides is 3. The van der Waals surface area contributed by atoms with Crippen LogP contribution in [0.3, 0.4) is 0 Å². The molecule has 0 amide bonds. The summed E-state index contributed by atoms with van der Waals surface area (Å²) in [6.07, 6.45) is -2.46. The predicted octanol–water partition coefficient (Wildman–Crippen LogP) is 7.33. The van der Waals surface area contributed by atoms with Gasteiger partial charge in [0.25, 0.3) is 5.60 Å². The van der Waals surface area contributed by atoms with E-state index in [2.05, 4.69) is 20.8 Å². The molecule has 2 fully saturated rings. The Morgan fingerprint density at radius 2 is 1.74 bits per heavy atom. The van der Waals surface area contributed by atoms with E-state index in [-0.39, 0.29) is 17.8 Å². The largest absolute Gasteiger partial charge is 0.466 e. The third-order valence-electron chi connectivity index (χ3n) is 7.61. The number of halogens is 3. The van der Waals surface area contributed by atoms with E-state index in [1.807, 2.05) is 35.2 Å². The summed E-state index contributed by atoms with van der Waals surface area (Å²) in [5, 5.41) is 0. The third-order valence-corrected chi connectivity index (χ3v) is 8.54. The normalized spacial score (nSPS) is 29.4. The monoisotopic (exact) mass is 509 g/mol. The van der Waals surface area contributed by atoms with Gasteiger partial charge in [0.1, 0.15) is 5.76 Å². The van der Waals surface area contributed by atoms with Gasteiger partial charge in [0.2, 0.25) is 0 Å². The molecular formula is C27H38F3NO3Si. The highest BCUT2D eigenvalue weighted by atomic mass is 28.4. The summed E-state index contributed by atoms with van der Waals surface area (Å²) in [5.41, 5.74) is -2.38. The SMILES string of the molecule is C[C@@H]1CC[C@@H]2[C@@H](C1)O[C@@H]([C@@](O[Si](C)(C)C)(c1ccco1)C(F)(F)F)N(Cc1ccccc1)C2(C)C. The Morgan fingerprint density at radius 1 is 1.06 bits per heavy atom. The van der Waals surface area contributed by atoms with Crippen LogP contribution in [-0.4, -0.2) is 37.3 Å². The average Bonchev–Trinajstić information content (AvgIpc) is 3.28. The van der Waals surface area contributed by atoms with Crippen LogP contribution in [0, 0.1) is 11.8 Å². The fourth-order valence-electron chi connectivity index (χ4n) is 5.96. The Balaban J connectivity index is 1.92. The van der Waals surface area contributed by atoms with Crippen molar-refractivity contribution >= 4 is 8.32 Å². The number of ether oxygens (including phenoxy) is 1. The summed E-state index contributed by atoms with van der Waals surface area (Å²) < 4.78 is 64.6. The van der Waals surface area contributed by atoms with Crippen LogP contribution in [0.1, 0.15) is 51.4 Å². The molecule has 2 aromatic rings. The van der Waals surface area contributed by atoms with Crippen molar-refractivity contribution in [1.82, 2.24) is 4.90 Å². The van der Waals surface area contributed by atoms with Gasteiger partial charge in [0.05, 0.1) is 12.4 Å². The molecule has 1 aliphatic heterocycles. The van der Waals surface area contributed by atoms with Crippen LogP contribution < -0.4 is 0 Å². The van der Waals surface area contributed by atoms with Crippen molar-refractivity contribution in [2.45, 2.75) is 95.9 Å². The quantitative estimate of drug-likeness (QED) is 0.382. The molecule has 0 bridgehead atoms. The fourth-order valence-corrected chi connectivity index (χ4v) is 7.24. The first-order valence-electron chi connectivity index (χ1n) is 12.5. The Morgan fingerprint density at radius 3 is 2.31 bits per heavy atom. The minimum absolute atomic E-state index is 0.119. The molecule has 5 atom stereocenters. The molecule has 8 heteroatoms. The molecule has 2 aliphatic rings. The molecular weight excluding hydrogens is 471 g/mol. The van der Waals surface area contributed by atoms with Gasteiger partial charge >= 0.3 is 6.18 Å². The van der Waals surface area contributed by atoms with Crippen LogP contribution >= 0.6 is 0 Å². The summed E-state index contributed by atoms with van der Waals surface area (Å²) in [5.74, 6) is 0.261. The van der Waals surface area contributed by atoms with E-state index >= 15 is 13.2 Å². The van der Waals surface area contributed by atoms with Gasteiger partial charge in [-0.05, 0) is 69.9 Å². The second-order valence-corrected chi connectivity index (χ2v) is 16.2. The van der Waals surface area contributed by atoms with Crippen LogP contribution in [0.2, 0.25) is 19.6 Å². The molecule has 1 saturated carbocycles. The highest BCUT2D eigenvalue weighted by molar-refractivity contribution is 6.69. The van der Waals surface area contributed by atoms with Gasteiger partial charge < -0.3 is 13.6 Å². The summed E-state index contributed by atoms with van der Waals surface area (Å²) in [7, 11) is -2.75. The second-order valence-electron chi connectivity index (χ2n) is 11.7. The zero-order chi connectivity index (χ0) is 25.6. The predicted molar refractivity (Wildman–Crippen MR) is 132 cm³/mol. The highest BCUT2D eigenvalue weighted by Gasteiger charge is 2.70. The van der Waals surface area contributed by atoms with E-state index in [4.69, 9.17) is 13.6 Å². The minimum atomic E-state index is -4.77. The lowest BCUT2D eigenvalue weighted by atomic mass is 9.69. The van der Waals surface area contributed by atoms with Crippen molar-refractivity contribution in [2.75, 3.05) is 0 Å². The van der Waals surface area contributed by atoms with Gasteiger partial charge in [-0.2, -0.15) is 13.2 Å². The first kappa shape index (κ1) is 26.4. The van der Waals surface area contributed by atoms with E-state index in [0.29, 0.717) is 12.5 Å². The number of benzene rings is 1. The minimum Gasteiger partial charge on any atom is -0.466 e. The summed E-state index contributed by atoms with van der Waals surface area (Å²) in [6.45, 7) is 11.9. The van der Waals surface area contributed by atoms with E-state index in [0.717, 1.165) is 24.8 Å². The van der Waals surface area contributed by atoms with E-state index in [1.165, 1.54) is 18.4 Å². The number of hydrogen-bond acceptors (Lipinski definition) is 4. The fraction of sp³-hybridized carbons (Fsp3) is 0.630. The third kappa shape index (κ3) is 4.99. The van der Waals surface area contributed by atoms with Crippen LogP contribution in [0.4, 0.5) is 13.2 Å². The molecule has 0 spiro atoms. The maximum absolute atomic E-state index is 15.4. The van der Waals surface area contributed by atoms with Crippen molar-refractivity contribution in [3.63, 3.8) is 0 Å². The smallest absolute Gasteiger partial charge is 0.427 e. The molecule has 0 radical (unpaired) electrons. The maximum Gasteiger partial charge on any atom is 0.427 e. The number of nitrogens with zero attached hydrogens (tertiary/aromatic N) is 1. The number of furan rings is 1. The maximum atomic E-state index is 15.4. The van der Waals surface area contributed by atoms with Crippen LogP contribution in [0.25, 0.3) is 0 Å². The number of rotatable bonds is 6. The van der Waals surface area contributed by atoms with Crippen molar-refractivity contribution in [1.29, 1.82) is 0 Å². The molecule has 4 nitrogen and oxygen atoms in total. The van der Waals surface area contributed by atoms with Crippen molar-refractivity contribution < 1.29 is 26.8 Å². The molecule has 4 rings (SSSR count). The lowest BCUT2D eigenvalue weighted by Crippen LogP contribution is -2.72. The molecule has 1 saturated heterocycles. The van der Waals surface area contributed by atoms with Gasteiger partial charge in [-0.15, -0.1) is 0 Å².